The number of ether oxygens (including phenoxy) is 1. The van der Waals surface area contributed by atoms with Gasteiger partial charge in [-0.3, -0.25) is 4.79 Å². The van der Waals surface area contributed by atoms with Gasteiger partial charge in [0.2, 0.25) is 0 Å². The summed E-state index contributed by atoms with van der Waals surface area (Å²) in [4.78, 5) is 14.6. The number of anilines is 1. The van der Waals surface area contributed by atoms with Gasteiger partial charge in [-0.2, -0.15) is 0 Å². The van der Waals surface area contributed by atoms with Gasteiger partial charge in [0.1, 0.15) is 5.60 Å². The maximum atomic E-state index is 12.3. The highest BCUT2D eigenvalue weighted by Gasteiger charge is 2.26. The van der Waals surface area contributed by atoms with Crippen LogP contribution in [0.3, 0.4) is 0 Å². The maximum absolute atomic E-state index is 12.3. The molecule has 0 aromatic heterocycles. The Labute approximate surface area is 151 Å². The van der Waals surface area contributed by atoms with Crippen molar-refractivity contribution in [2.45, 2.75) is 58.7 Å². The molecule has 0 saturated heterocycles. The topological polar surface area (TPSA) is 29.5 Å². The molecule has 0 bridgehead atoms. The highest BCUT2D eigenvalue weighted by Crippen LogP contribution is 2.30. The van der Waals surface area contributed by atoms with E-state index in [2.05, 4.69) is 43.0 Å². The van der Waals surface area contributed by atoms with Gasteiger partial charge in [0, 0.05) is 11.7 Å². The molecule has 0 fully saturated rings. The minimum Gasteiger partial charge on any atom is -0.460 e. The van der Waals surface area contributed by atoms with Crippen molar-refractivity contribution in [2.75, 3.05) is 4.90 Å². The molecule has 3 nitrogen and oxygen atoms in total. The predicted molar refractivity (Wildman–Crippen MR) is 104 cm³/mol. The van der Waals surface area contributed by atoms with Crippen molar-refractivity contribution in [1.29, 1.82) is 0 Å². The third-order valence-corrected chi connectivity index (χ3v) is 4.11. The molecule has 2 atom stereocenters. The summed E-state index contributed by atoms with van der Waals surface area (Å²) in [5.74, 6) is -0.166. The Hall–Kier alpha value is -2.29. The molecule has 0 N–H and O–H groups in total. The monoisotopic (exact) mass is 339 g/mol. The largest absolute Gasteiger partial charge is 0.460 e. The van der Waals surface area contributed by atoms with Gasteiger partial charge in [-0.05, 0) is 52.3 Å². The summed E-state index contributed by atoms with van der Waals surface area (Å²) in [6.45, 7) is 9.95. The summed E-state index contributed by atoms with van der Waals surface area (Å²) < 4.78 is 5.51. The predicted octanol–water partition coefficient (Wildman–Crippen LogP) is 5.37. The number of benzene rings is 2. The number of hydrogen-bond donors (Lipinski definition) is 0. The molecule has 2 aromatic rings. The number of para-hydroxylation sites is 1. The molecule has 0 saturated carbocycles. The Morgan fingerprint density at radius 1 is 0.960 bits per heavy atom. The molecule has 2 rings (SSSR count). The molecule has 134 valence electrons. The van der Waals surface area contributed by atoms with E-state index in [9.17, 15) is 4.79 Å². The lowest BCUT2D eigenvalue weighted by Gasteiger charge is -2.37. The standard InChI is InChI=1S/C22H29NO2/c1-17(16-21(24)25-22(3,4)5)23(20-14-10-7-11-15-20)18(2)19-12-8-6-9-13-19/h6-15,17-18H,16H2,1-5H3/t17-,18-/m1/s1. The minimum atomic E-state index is -0.459. The van der Waals surface area contributed by atoms with Crippen molar-refractivity contribution in [3.8, 4) is 0 Å². The first-order valence-corrected chi connectivity index (χ1v) is 8.88. The second-order valence-electron chi connectivity index (χ2n) is 7.47. The highest BCUT2D eigenvalue weighted by atomic mass is 16.6. The number of nitrogens with zero attached hydrogens (tertiary/aromatic N) is 1. The lowest BCUT2D eigenvalue weighted by Crippen LogP contribution is -2.38. The quantitative estimate of drug-likeness (QED) is 0.662. The number of carbonyl (C=O) groups excluding carboxylic acids is 1. The van der Waals surface area contributed by atoms with Crippen LogP contribution in [0.15, 0.2) is 60.7 Å². The Kier molecular flexibility index (Phi) is 6.24. The van der Waals surface area contributed by atoms with Crippen LogP contribution in [0.25, 0.3) is 0 Å². The molecule has 2 aromatic carbocycles. The van der Waals surface area contributed by atoms with Crippen LogP contribution < -0.4 is 4.90 Å². The molecule has 0 aliphatic rings. The zero-order valence-corrected chi connectivity index (χ0v) is 15.9. The van der Waals surface area contributed by atoms with E-state index in [1.54, 1.807) is 0 Å². The summed E-state index contributed by atoms with van der Waals surface area (Å²) in [6.07, 6.45) is 0.351. The summed E-state index contributed by atoms with van der Waals surface area (Å²) in [6, 6.07) is 20.8. The smallest absolute Gasteiger partial charge is 0.308 e. The second-order valence-corrected chi connectivity index (χ2v) is 7.47. The van der Waals surface area contributed by atoms with E-state index in [0.29, 0.717) is 6.42 Å². The Morgan fingerprint density at radius 2 is 1.48 bits per heavy atom. The van der Waals surface area contributed by atoms with Gasteiger partial charge in [0.05, 0.1) is 12.5 Å². The first-order valence-electron chi connectivity index (χ1n) is 8.88. The molecule has 0 aliphatic heterocycles. The van der Waals surface area contributed by atoms with Gasteiger partial charge in [-0.25, -0.2) is 0 Å². The average Bonchev–Trinajstić information content (AvgIpc) is 2.55. The summed E-state index contributed by atoms with van der Waals surface area (Å²) >= 11 is 0. The van der Waals surface area contributed by atoms with Crippen molar-refractivity contribution < 1.29 is 9.53 Å². The lowest BCUT2D eigenvalue weighted by atomic mass is 10.0. The number of esters is 1. The van der Waals surface area contributed by atoms with Gasteiger partial charge in [0.15, 0.2) is 0 Å². The van der Waals surface area contributed by atoms with Gasteiger partial charge >= 0.3 is 5.97 Å². The Balaban J connectivity index is 2.24. The molecule has 3 heteroatoms. The fourth-order valence-electron chi connectivity index (χ4n) is 3.07. The SMILES string of the molecule is C[C@H](CC(=O)OC(C)(C)C)N(c1ccccc1)[C@H](C)c1ccccc1. The zero-order chi connectivity index (χ0) is 18.4. The van der Waals surface area contributed by atoms with Gasteiger partial charge in [-0.1, -0.05) is 48.5 Å². The van der Waals surface area contributed by atoms with Crippen LogP contribution in [0.5, 0.6) is 0 Å². The Bertz CT molecular complexity index is 661. The number of carbonyl (C=O) groups is 1. The summed E-state index contributed by atoms with van der Waals surface area (Å²) in [7, 11) is 0. The first-order chi connectivity index (χ1) is 11.8. The highest BCUT2D eigenvalue weighted by molar-refractivity contribution is 5.71. The molecule has 25 heavy (non-hydrogen) atoms. The van der Waals surface area contributed by atoms with Crippen molar-refractivity contribution in [1.82, 2.24) is 0 Å². The number of hydrogen-bond acceptors (Lipinski definition) is 3. The van der Waals surface area contributed by atoms with Crippen LogP contribution in [0.2, 0.25) is 0 Å². The van der Waals surface area contributed by atoms with Crippen LogP contribution in [-0.2, 0) is 9.53 Å². The van der Waals surface area contributed by atoms with E-state index in [4.69, 9.17) is 4.74 Å². The fourth-order valence-corrected chi connectivity index (χ4v) is 3.07. The fraction of sp³-hybridized carbons (Fsp3) is 0.409. The van der Waals surface area contributed by atoms with Gasteiger partial charge < -0.3 is 9.64 Å². The molecule has 0 spiro atoms. The van der Waals surface area contributed by atoms with E-state index in [1.165, 1.54) is 5.56 Å². The molecular weight excluding hydrogens is 310 g/mol. The van der Waals surface area contributed by atoms with Crippen molar-refractivity contribution >= 4 is 11.7 Å². The normalized spacial score (nSPS) is 13.8. The van der Waals surface area contributed by atoms with Crippen LogP contribution in [-0.4, -0.2) is 17.6 Å². The van der Waals surface area contributed by atoms with Crippen molar-refractivity contribution in [2.24, 2.45) is 0 Å². The molecular formula is C22H29NO2. The average molecular weight is 339 g/mol. The van der Waals surface area contributed by atoms with Gasteiger partial charge in [0.25, 0.3) is 0 Å². The van der Waals surface area contributed by atoms with Crippen LogP contribution in [0.1, 0.15) is 52.6 Å². The zero-order valence-electron chi connectivity index (χ0n) is 15.9. The first kappa shape index (κ1) is 19.0. The molecule has 0 unspecified atom stereocenters. The molecule has 0 aliphatic carbocycles. The van der Waals surface area contributed by atoms with Crippen molar-refractivity contribution in [3.63, 3.8) is 0 Å². The maximum Gasteiger partial charge on any atom is 0.308 e. The third-order valence-electron chi connectivity index (χ3n) is 4.11. The van der Waals surface area contributed by atoms with E-state index in [-0.39, 0.29) is 18.1 Å². The Morgan fingerprint density at radius 3 is 2.00 bits per heavy atom. The summed E-state index contributed by atoms with van der Waals surface area (Å²) in [5.41, 5.74) is 1.87. The van der Waals surface area contributed by atoms with Crippen molar-refractivity contribution in [3.05, 3.63) is 66.2 Å². The van der Waals surface area contributed by atoms with Gasteiger partial charge in [-0.15, -0.1) is 0 Å². The van der Waals surface area contributed by atoms with E-state index >= 15 is 0 Å². The minimum absolute atomic E-state index is 0.0208. The van der Waals surface area contributed by atoms with E-state index in [1.807, 2.05) is 57.2 Å². The molecule has 0 heterocycles. The van der Waals surface area contributed by atoms with Crippen LogP contribution in [0, 0.1) is 0 Å². The third kappa shape index (κ3) is 5.63. The lowest BCUT2D eigenvalue weighted by molar-refractivity contribution is -0.155. The molecule has 0 amide bonds. The summed E-state index contributed by atoms with van der Waals surface area (Å²) in [5, 5.41) is 0. The second kappa shape index (κ2) is 8.19. The number of rotatable bonds is 6. The molecule has 0 radical (unpaired) electrons. The van der Waals surface area contributed by atoms with Crippen LogP contribution >= 0.6 is 0 Å². The van der Waals surface area contributed by atoms with E-state index in [0.717, 1.165) is 5.69 Å². The van der Waals surface area contributed by atoms with E-state index < -0.39 is 5.60 Å². The van der Waals surface area contributed by atoms with Crippen LogP contribution in [0.4, 0.5) is 5.69 Å².